The van der Waals surface area contributed by atoms with Gasteiger partial charge in [-0.1, -0.05) is 66.7 Å². The Labute approximate surface area is 174 Å². The van der Waals surface area contributed by atoms with Gasteiger partial charge in [0.15, 0.2) is 5.82 Å². The van der Waals surface area contributed by atoms with Crippen molar-refractivity contribution < 1.29 is 4.39 Å². The highest BCUT2D eigenvalue weighted by Crippen LogP contribution is 2.32. The van der Waals surface area contributed by atoms with E-state index in [2.05, 4.69) is 56.8 Å². The van der Waals surface area contributed by atoms with Crippen molar-refractivity contribution in [3.05, 3.63) is 113 Å². The highest BCUT2D eigenvalue weighted by atomic mass is 19.1. The third-order valence-electron chi connectivity index (χ3n) is 5.69. The van der Waals surface area contributed by atoms with Gasteiger partial charge in [0, 0.05) is 13.1 Å². The lowest BCUT2D eigenvalue weighted by molar-refractivity contribution is 0.195. The molecule has 2 heterocycles. The quantitative estimate of drug-likeness (QED) is 0.509. The van der Waals surface area contributed by atoms with E-state index in [-0.39, 0.29) is 11.9 Å². The number of fused-ring (bicyclic) bond motifs is 1. The Kier molecular flexibility index (Phi) is 5.07. The molecule has 6 heteroatoms. The molecule has 150 valence electrons. The molecular weight excluding hydrogens is 377 g/mol. The van der Waals surface area contributed by atoms with Gasteiger partial charge in [-0.2, -0.15) is 0 Å². The molecule has 0 aliphatic carbocycles. The van der Waals surface area contributed by atoms with Crippen LogP contribution in [0.3, 0.4) is 0 Å². The van der Waals surface area contributed by atoms with E-state index in [0.29, 0.717) is 6.54 Å². The van der Waals surface area contributed by atoms with Gasteiger partial charge in [0.25, 0.3) is 0 Å². The Hall–Kier alpha value is -3.38. The van der Waals surface area contributed by atoms with Gasteiger partial charge in [0.05, 0.1) is 12.6 Å². The predicted octanol–water partition coefficient (Wildman–Crippen LogP) is 4.01. The van der Waals surface area contributed by atoms with Crippen LogP contribution >= 0.6 is 0 Å². The summed E-state index contributed by atoms with van der Waals surface area (Å²) in [4.78, 5) is 2.38. The lowest BCUT2D eigenvalue weighted by Crippen LogP contribution is -2.36. The van der Waals surface area contributed by atoms with Crippen molar-refractivity contribution in [2.75, 3.05) is 6.54 Å². The van der Waals surface area contributed by atoms with Gasteiger partial charge < -0.3 is 0 Å². The lowest BCUT2D eigenvalue weighted by atomic mass is 9.96. The molecule has 0 fully saturated rings. The SMILES string of the molecule is Fc1ccc([C@H](c2nnnn2Cc2ccccc2)N2CCc3ccccc3C2)cc1. The highest BCUT2D eigenvalue weighted by molar-refractivity contribution is 5.32. The third-order valence-corrected chi connectivity index (χ3v) is 5.69. The van der Waals surface area contributed by atoms with Crippen LogP contribution in [0.15, 0.2) is 78.9 Å². The largest absolute Gasteiger partial charge is 0.285 e. The van der Waals surface area contributed by atoms with Crippen LogP contribution in [0.2, 0.25) is 0 Å². The van der Waals surface area contributed by atoms with Gasteiger partial charge in [-0.3, -0.25) is 4.90 Å². The predicted molar refractivity (Wildman–Crippen MR) is 112 cm³/mol. The van der Waals surface area contributed by atoms with Crippen molar-refractivity contribution in [3.8, 4) is 0 Å². The molecule has 0 bridgehead atoms. The number of benzene rings is 3. The Morgan fingerprint density at radius 1 is 0.867 bits per heavy atom. The molecule has 5 rings (SSSR count). The summed E-state index contributed by atoms with van der Waals surface area (Å²) in [6, 6.07) is 25.2. The first kappa shape index (κ1) is 18.6. The fourth-order valence-electron chi connectivity index (χ4n) is 4.18. The van der Waals surface area contributed by atoms with Gasteiger partial charge in [-0.05, 0) is 51.2 Å². The fraction of sp³-hybridized carbons (Fsp3) is 0.208. The normalized spacial score (nSPS) is 15.0. The first-order chi connectivity index (χ1) is 14.8. The van der Waals surface area contributed by atoms with E-state index in [1.807, 2.05) is 35.0 Å². The molecule has 4 aromatic rings. The zero-order chi connectivity index (χ0) is 20.3. The van der Waals surface area contributed by atoms with Crippen molar-refractivity contribution in [2.45, 2.75) is 25.6 Å². The maximum atomic E-state index is 13.6. The van der Waals surface area contributed by atoms with Crippen molar-refractivity contribution in [3.63, 3.8) is 0 Å². The van der Waals surface area contributed by atoms with Gasteiger partial charge in [-0.25, -0.2) is 9.07 Å². The summed E-state index contributed by atoms with van der Waals surface area (Å²) in [6.45, 7) is 2.28. The molecular formula is C24H22FN5. The maximum absolute atomic E-state index is 13.6. The molecule has 30 heavy (non-hydrogen) atoms. The molecule has 0 spiro atoms. The molecule has 0 saturated carbocycles. The second-order valence-corrected chi connectivity index (χ2v) is 7.62. The third kappa shape index (κ3) is 3.74. The van der Waals surface area contributed by atoms with E-state index in [4.69, 9.17) is 0 Å². The Balaban J connectivity index is 1.53. The fourth-order valence-corrected chi connectivity index (χ4v) is 4.18. The van der Waals surface area contributed by atoms with Crippen LogP contribution in [0.5, 0.6) is 0 Å². The number of hydrogen-bond acceptors (Lipinski definition) is 4. The topological polar surface area (TPSA) is 46.8 Å². The molecule has 0 N–H and O–H groups in total. The summed E-state index contributed by atoms with van der Waals surface area (Å²) in [5.74, 6) is 0.523. The zero-order valence-electron chi connectivity index (χ0n) is 16.5. The zero-order valence-corrected chi connectivity index (χ0v) is 16.5. The first-order valence-corrected chi connectivity index (χ1v) is 10.1. The molecule has 0 amide bonds. The Morgan fingerprint density at radius 2 is 1.60 bits per heavy atom. The van der Waals surface area contributed by atoms with Crippen molar-refractivity contribution in [1.82, 2.24) is 25.1 Å². The van der Waals surface area contributed by atoms with Crippen LogP contribution in [0, 0.1) is 5.82 Å². The standard InChI is InChI=1S/C24H22FN5/c25-22-12-10-20(11-13-22)23(29-15-14-19-8-4-5-9-21(19)17-29)24-26-27-28-30(24)16-18-6-2-1-3-7-18/h1-13,23H,14-17H2/t23-/m1/s1. The molecule has 1 aromatic heterocycles. The van der Waals surface area contributed by atoms with E-state index < -0.39 is 0 Å². The molecule has 5 nitrogen and oxygen atoms in total. The second kappa shape index (κ2) is 8.16. The molecule has 0 unspecified atom stereocenters. The number of nitrogens with zero attached hydrogens (tertiary/aromatic N) is 5. The molecule has 1 aliphatic rings. The number of tetrazole rings is 1. The number of rotatable bonds is 5. The van der Waals surface area contributed by atoms with Crippen LogP contribution in [0.25, 0.3) is 0 Å². The average Bonchev–Trinajstić information content (AvgIpc) is 3.23. The Bertz CT molecular complexity index is 1120. The van der Waals surface area contributed by atoms with Crippen LogP contribution < -0.4 is 0 Å². The first-order valence-electron chi connectivity index (χ1n) is 10.1. The minimum Gasteiger partial charge on any atom is -0.285 e. The van der Waals surface area contributed by atoms with Crippen LogP contribution in [0.1, 0.15) is 34.1 Å². The molecule has 1 aliphatic heterocycles. The van der Waals surface area contributed by atoms with E-state index >= 15 is 0 Å². The number of hydrogen-bond donors (Lipinski definition) is 0. The van der Waals surface area contributed by atoms with Crippen LogP contribution in [-0.2, 0) is 19.5 Å². The van der Waals surface area contributed by atoms with E-state index in [0.717, 1.165) is 36.5 Å². The van der Waals surface area contributed by atoms with Gasteiger partial charge in [-0.15, -0.1) is 5.10 Å². The molecule has 0 radical (unpaired) electrons. The van der Waals surface area contributed by atoms with E-state index in [9.17, 15) is 4.39 Å². The minimum atomic E-state index is -0.245. The smallest absolute Gasteiger partial charge is 0.173 e. The molecule has 0 saturated heterocycles. The van der Waals surface area contributed by atoms with E-state index in [1.54, 1.807) is 0 Å². The van der Waals surface area contributed by atoms with Gasteiger partial charge >= 0.3 is 0 Å². The summed E-state index contributed by atoms with van der Waals surface area (Å²) in [6.07, 6.45) is 0.966. The summed E-state index contributed by atoms with van der Waals surface area (Å²) < 4.78 is 15.5. The molecule has 3 aromatic carbocycles. The summed E-state index contributed by atoms with van der Waals surface area (Å²) in [5, 5.41) is 12.7. The minimum absolute atomic E-state index is 0.155. The monoisotopic (exact) mass is 399 g/mol. The second-order valence-electron chi connectivity index (χ2n) is 7.62. The number of halogens is 1. The van der Waals surface area contributed by atoms with Crippen LogP contribution in [-0.4, -0.2) is 31.7 Å². The van der Waals surface area contributed by atoms with Crippen molar-refractivity contribution >= 4 is 0 Å². The maximum Gasteiger partial charge on any atom is 0.173 e. The summed E-state index contributed by atoms with van der Waals surface area (Å²) in [7, 11) is 0. The van der Waals surface area contributed by atoms with Gasteiger partial charge in [0.2, 0.25) is 0 Å². The van der Waals surface area contributed by atoms with Crippen molar-refractivity contribution in [2.24, 2.45) is 0 Å². The van der Waals surface area contributed by atoms with Crippen LogP contribution in [0.4, 0.5) is 4.39 Å². The highest BCUT2D eigenvalue weighted by Gasteiger charge is 2.30. The Morgan fingerprint density at radius 3 is 2.40 bits per heavy atom. The summed E-state index contributed by atoms with van der Waals surface area (Å²) >= 11 is 0. The van der Waals surface area contributed by atoms with Gasteiger partial charge in [0.1, 0.15) is 5.82 Å². The molecule has 1 atom stereocenters. The average molecular weight is 399 g/mol. The summed E-state index contributed by atoms with van der Waals surface area (Å²) in [5.41, 5.74) is 4.82. The number of aromatic nitrogens is 4. The van der Waals surface area contributed by atoms with E-state index in [1.165, 1.54) is 23.3 Å². The van der Waals surface area contributed by atoms with Crippen molar-refractivity contribution in [1.29, 1.82) is 0 Å². The lowest BCUT2D eigenvalue weighted by Gasteiger charge is -2.35.